The van der Waals surface area contributed by atoms with Crippen molar-refractivity contribution < 1.29 is 19.1 Å². The molecule has 0 spiro atoms. The molecule has 3 aromatic carbocycles. The Morgan fingerprint density at radius 1 is 1.06 bits per heavy atom. The molecule has 1 heterocycles. The highest BCUT2D eigenvalue weighted by atomic mass is 127. The molecule has 4 rings (SSSR count). The minimum atomic E-state index is -0.488. The summed E-state index contributed by atoms with van der Waals surface area (Å²) in [6.45, 7) is 3.99. The van der Waals surface area contributed by atoms with Crippen LogP contribution in [0.25, 0.3) is 6.08 Å². The molecule has 1 fully saturated rings. The number of anilines is 1. The van der Waals surface area contributed by atoms with E-state index in [0.717, 1.165) is 42.5 Å². The van der Waals surface area contributed by atoms with Crippen LogP contribution >= 0.6 is 46.0 Å². The van der Waals surface area contributed by atoms with Crippen molar-refractivity contribution in [2.45, 2.75) is 20.5 Å². The van der Waals surface area contributed by atoms with Gasteiger partial charge < -0.3 is 10.1 Å². The van der Waals surface area contributed by atoms with Crippen LogP contribution in [0.4, 0.5) is 10.5 Å². The van der Waals surface area contributed by atoms with Crippen LogP contribution in [0.15, 0.2) is 65.6 Å². The number of nitrogens with zero attached hydrogens (tertiary/aromatic N) is 1. The van der Waals surface area contributed by atoms with Gasteiger partial charge in [0.05, 0.1) is 8.48 Å². The van der Waals surface area contributed by atoms with E-state index >= 15 is 0 Å². The van der Waals surface area contributed by atoms with E-state index in [1.807, 2.05) is 68.4 Å². The number of benzene rings is 3. The van der Waals surface area contributed by atoms with Crippen LogP contribution in [0, 0.1) is 17.4 Å². The van der Waals surface area contributed by atoms with Gasteiger partial charge in [-0.3, -0.25) is 19.3 Å². The predicted octanol–water partition coefficient (Wildman–Crippen LogP) is 6.82. The van der Waals surface area contributed by atoms with Crippen LogP contribution in [0.2, 0.25) is 5.02 Å². The molecular weight excluding hydrogens is 611 g/mol. The fourth-order valence-electron chi connectivity index (χ4n) is 3.42. The van der Waals surface area contributed by atoms with Crippen LogP contribution in [0.1, 0.15) is 22.3 Å². The van der Waals surface area contributed by atoms with E-state index in [0.29, 0.717) is 23.1 Å². The number of carbonyl (C=O) groups is 3. The minimum absolute atomic E-state index is 0.268. The van der Waals surface area contributed by atoms with Gasteiger partial charge in [0.1, 0.15) is 18.9 Å². The summed E-state index contributed by atoms with van der Waals surface area (Å²) in [6, 6.07) is 18.5. The number of halogens is 2. The third-order valence-corrected chi connectivity index (χ3v) is 7.53. The Morgan fingerprint density at radius 2 is 1.81 bits per heavy atom. The number of aryl methyl sites for hydroxylation is 2. The zero-order valence-corrected chi connectivity index (χ0v) is 23.2. The largest absolute Gasteiger partial charge is 0.488 e. The molecule has 6 nitrogen and oxygen atoms in total. The SMILES string of the molecule is Cc1ccc(NC(=O)CN2C(=O)S/C(=C/c3ccc(OCc4ccc(Cl)cc4)c(I)c3)C2=O)cc1C. The second-order valence-corrected chi connectivity index (χ2v) is 10.8. The van der Waals surface area contributed by atoms with Crippen LogP contribution in [0.5, 0.6) is 5.75 Å². The van der Waals surface area contributed by atoms with Gasteiger partial charge in [-0.2, -0.15) is 0 Å². The van der Waals surface area contributed by atoms with Gasteiger partial charge in [0.2, 0.25) is 5.91 Å². The third-order valence-electron chi connectivity index (χ3n) is 5.53. The van der Waals surface area contributed by atoms with Crippen LogP contribution in [-0.2, 0) is 16.2 Å². The summed E-state index contributed by atoms with van der Waals surface area (Å²) in [6.07, 6.45) is 1.65. The summed E-state index contributed by atoms with van der Waals surface area (Å²) in [7, 11) is 0. The van der Waals surface area contributed by atoms with Gasteiger partial charge in [-0.1, -0.05) is 35.9 Å². The Hall–Kier alpha value is -2.82. The summed E-state index contributed by atoms with van der Waals surface area (Å²) < 4.78 is 6.76. The summed E-state index contributed by atoms with van der Waals surface area (Å²) >= 11 is 8.91. The summed E-state index contributed by atoms with van der Waals surface area (Å²) in [5.74, 6) is -0.212. The van der Waals surface area contributed by atoms with E-state index in [9.17, 15) is 14.4 Å². The number of amides is 3. The number of ether oxygens (including phenoxy) is 1. The lowest BCUT2D eigenvalue weighted by atomic mass is 10.1. The average Bonchev–Trinajstić information content (AvgIpc) is 3.09. The third kappa shape index (κ3) is 6.48. The van der Waals surface area contributed by atoms with Crippen molar-refractivity contribution in [2.24, 2.45) is 0 Å². The van der Waals surface area contributed by atoms with Crippen molar-refractivity contribution in [2.75, 3.05) is 11.9 Å². The lowest BCUT2D eigenvalue weighted by molar-refractivity contribution is -0.127. The van der Waals surface area contributed by atoms with Gasteiger partial charge in [0.25, 0.3) is 11.1 Å². The number of hydrogen-bond donors (Lipinski definition) is 1. The number of nitrogens with one attached hydrogen (secondary N) is 1. The van der Waals surface area contributed by atoms with Crippen LogP contribution < -0.4 is 10.1 Å². The molecule has 0 unspecified atom stereocenters. The van der Waals surface area contributed by atoms with Crippen molar-refractivity contribution in [1.82, 2.24) is 4.90 Å². The van der Waals surface area contributed by atoms with E-state index < -0.39 is 17.1 Å². The van der Waals surface area contributed by atoms with Crippen molar-refractivity contribution in [1.29, 1.82) is 0 Å². The Kier molecular flexibility index (Phi) is 8.38. The molecule has 1 N–H and O–H groups in total. The fraction of sp³-hybridized carbons (Fsp3) is 0.148. The van der Waals surface area contributed by atoms with Crippen molar-refractivity contribution in [3.8, 4) is 5.75 Å². The first-order valence-electron chi connectivity index (χ1n) is 11.0. The Morgan fingerprint density at radius 3 is 2.50 bits per heavy atom. The van der Waals surface area contributed by atoms with Gasteiger partial charge in [-0.25, -0.2) is 0 Å². The molecule has 0 aliphatic carbocycles. The normalized spacial score (nSPS) is 14.4. The molecule has 0 bridgehead atoms. The molecular formula is C27H22ClIN2O4S. The second-order valence-electron chi connectivity index (χ2n) is 8.22. The molecule has 9 heteroatoms. The number of rotatable bonds is 7. The molecule has 0 saturated carbocycles. The number of thioether (sulfide) groups is 1. The maximum atomic E-state index is 12.8. The van der Waals surface area contributed by atoms with E-state index in [-0.39, 0.29) is 11.4 Å². The monoisotopic (exact) mass is 632 g/mol. The van der Waals surface area contributed by atoms with Crippen molar-refractivity contribution >= 4 is 74.8 Å². The second kappa shape index (κ2) is 11.5. The van der Waals surface area contributed by atoms with Gasteiger partial charge in [-0.15, -0.1) is 0 Å². The smallest absolute Gasteiger partial charge is 0.294 e. The molecule has 0 radical (unpaired) electrons. The molecule has 3 amide bonds. The van der Waals surface area contributed by atoms with E-state index in [2.05, 4.69) is 27.9 Å². The zero-order valence-electron chi connectivity index (χ0n) is 19.5. The highest BCUT2D eigenvalue weighted by Gasteiger charge is 2.36. The quantitative estimate of drug-likeness (QED) is 0.229. The highest BCUT2D eigenvalue weighted by molar-refractivity contribution is 14.1. The van der Waals surface area contributed by atoms with Crippen LogP contribution in [-0.4, -0.2) is 28.5 Å². The van der Waals surface area contributed by atoms with Crippen molar-refractivity contribution in [3.63, 3.8) is 0 Å². The molecule has 1 aliphatic rings. The number of imide groups is 1. The van der Waals surface area contributed by atoms with Crippen molar-refractivity contribution in [3.05, 3.63) is 96.4 Å². The van der Waals surface area contributed by atoms with Gasteiger partial charge in [-0.05, 0) is 113 Å². The summed E-state index contributed by atoms with van der Waals surface area (Å²) in [5, 5.41) is 2.94. The maximum absolute atomic E-state index is 12.8. The number of carbonyl (C=O) groups excluding carboxylic acids is 3. The van der Waals surface area contributed by atoms with E-state index in [1.54, 1.807) is 12.1 Å². The fourth-order valence-corrected chi connectivity index (χ4v) is 5.08. The molecule has 0 atom stereocenters. The minimum Gasteiger partial charge on any atom is -0.488 e. The first kappa shape index (κ1) is 26.2. The van der Waals surface area contributed by atoms with E-state index in [4.69, 9.17) is 16.3 Å². The lowest BCUT2D eigenvalue weighted by Gasteiger charge is -2.13. The average molecular weight is 633 g/mol. The molecule has 184 valence electrons. The topological polar surface area (TPSA) is 75.7 Å². The molecule has 1 saturated heterocycles. The first-order chi connectivity index (χ1) is 17.2. The number of hydrogen-bond acceptors (Lipinski definition) is 5. The molecule has 36 heavy (non-hydrogen) atoms. The van der Waals surface area contributed by atoms with Gasteiger partial charge >= 0.3 is 0 Å². The molecule has 1 aliphatic heterocycles. The lowest BCUT2D eigenvalue weighted by Crippen LogP contribution is -2.36. The maximum Gasteiger partial charge on any atom is 0.294 e. The van der Waals surface area contributed by atoms with Gasteiger partial charge in [0, 0.05) is 10.7 Å². The zero-order chi connectivity index (χ0) is 25.8. The molecule has 0 aromatic heterocycles. The standard InChI is InChI=1S/C27H22ClIN2O4S/c1-16-3-9-21(11-17(16)2)30-25(32)14-31-26(33)24(36-27(31)34)13-19-6-10-23(22(29)12-19)35-15-18-4-7-20(28)8-5-18/h3-13H,14-15H2,1-2H3,(H,30,32)/b24-13+. The Bertz CT molecular complexity index is 1370. The Labute approximate surface area is 232 Å². The summed E-state index contributed by atoms with van der Waals surface area (Å²) in [5.41, 5.74) is 4.52. The summed E-state index contributed by atoms with van der Waals surface area (Å²) in [4.78, 5) is 39.0. The molecule has 3 aromatic rings. The highest BCUT2D eigenvalue weighted by Crippen LogP contribution is 2.33. The first-order valence-corrected chi connectivity index (χ1v) is 13.3. The predicted molar refractivity (Wildman–Crippen MR) is 152 cm³/mol. The Balaban J connectivity index is 1.39. The van der Waals surface area contributed by atoms with Gasteiger partial charge in [0.15, 0.2) is 0 Å². The van der Waals surface area contributed by atoms with Crippen LogP contribution in [0.3, 0.4) is 0 Å². The van der Waals surface area contributed by atoms with E-state index in [1.165, 1.54) is 0 Å².